The van der Waals surface area contributed by atoms with E-state index >= 15 is 0 Å². The minimum atomic E-state index is -0.305. The van der Waals surface area contributed by atoms with Gasteiger partial charge in [0.1, 0.15) is 5.78 Å². The van der Waals surface area contributed by atoms with Gasteiger partial charge in [0.25, 0.3) is 5.91 Å². The lowest BCUT2D eigenvalue weighted by molar-refractivity contribution is -0.159. The van der Waals surface area contributed by atoms with E-state index in [-0.39, 0.29) is 36.2 Å². The van der Waals surface area contributed by atoms with Gasteiger partial charge in [-0.15, -0.1) is 0 Å². The molecule has 3 fully saturated rings. The van der Waals surface area contributed by atoms with Crippen LogP contribution in [0.4, 0.5) is 5.69 Å². The number of anilines is 1. The number of hydrogen-bond donors (Lipinski definition) is 0. The molecule has 1 amide bonds. The second kappa shape index (κ2) is 8.33. The van der Waals surface area contributed by atoms with E-state index in [4.69, 9.17) is 4.74 Å². The van der Waals surface area contributed by atoms with Crippen LogP contribution in [0.15, 0.2) is 30.3 Å². The molecule has 3 aliphatic rings. The van der Waals surface area contributed by atoms with Crippen LogP contribution in [0, 0.1) is 17.8 Å². The predicted molar refractivity (Wildman–Crippen MR) is 105 cm³/mol. The maximum atomic E-state index is 12.5. The quantitative estimate of drug-likeness (QED) is 0.745. The Balaban J connectivity index is 1.23. The van der Waals surface area contributed by atoms with Crippen LogP contribution in [-0.2, 0) is 19.1 Å². The lowest BCUT2D eigenvalue weighted by Crippen LogP contribution is -2.50. The maximum Gasteiger partial charge on any atom is 0.309 e. The Bertz CT molecular complexity index is 711. The van der Waals surface area contributed by atoms with Gasteiger partial charge in [0.15, 0.2) is 6.61 Å². The van der Waals surface area contributed by atoms with Gasteiger partial charge in [-0.25, -0.2) is 0 Å². The number of esters is 1. The smallest absolute Gasteiger partial charge is 0.309 e. The average Bonchev–Trinajstić information content (AvgIpc) is 2.72. The summed E-state index contributed by atoms with van der Waals surface area (Å²) in [6, 6.07) is 10.2. The molecule has 2 saturated carbocycles. The molecule has 1 aromatic rings. The fourth-order valence-corrected chi connectivity index (χ4v) is 4.87. The SMILES string of the molecule is O=C(OCC(=O)N1CCN(c2ccccc2)CC1)C1C[C@H]2CCC[C@@H](C1)C2=O. The maximum absolute atomic E-state index is 12.5. The van der Waals surface area contributed by atoms with Crippen molar-refractivity contribution >= 4 is 23.3 Å². The molecule has 28 heavy (non-hydrogen) atoms. The standard InChI is InChI=1S/C22H28N2O4/c25-20(24-11-9-23(10-12-24)19-7-2-1-3-8-19)15-28-22(27)18-13-16-5-4-6-17(14-18)21(16)26/h1-3,7-8,16-18H,4-6,9-15H2/t16-,17+,18?. The molecule has 0 aromatic heterocycles. The van der Waals surface area contributed by atoms with Crippen molar-refractivity contribution in [1.29, 1.82) is 0 Å². The first-order valence-corrected chi connectivity index (χ1v) is 10.4. The van der Waals surface area contributed by atoms with Gasteiger partial charge in [0, 0.05) is 43.7 Å². The molecule has 1 unspecified atom stereocenters. The number of carbonyl (C=O) groups excluding carboxylic acids is 3. The van der Waals surface area contributed by atoms with Crippen LogP contribution < -0.4 is 4.90 Å². The third kappa shape index (κ3) is 4.05. The molecular formula is C22H28N2O4. The highest BCUT2D eigenvalue weighted by molar-refractivity contribution is 5.88. The van der Waals surface area contributed by atoms with E-state index < -0.39 is 0 Å². The zero-order valence-corrected chi connectivity index (χ0v) is 16.2. The van der Waals surface area contributed by atoms with Crippen molar-refractivity contribution in [3.8, 4) is 0 Å². The molecule has 4 rings (SSSR count). The summed E-state index contributed by atoms with van der Waals surface area (Å²) in [6.07, 6.45) is 4.06. The summed E-state index contributed by atoms with van der Waals surface area (Å²) in [7, 11) is 0. The van der Waals surface area contributed by atoms with Gasteiger partial charge >= 0.3 is 5.97 Å². The molecule has 0 N–H and O–H groups in total. The summed E-state index contributed by atoms with van der Waals surface area (Å²) in [4.78, 5) is 41.1. The summed E-state index contributed by atoms with van der Waals surface area (Å²) >= 11 is 0. The number of rotatable bonds is 4. The summed E-state index contributed by atoms with van der Waals surface area (Å²) in [6.45, 7) is 2.63. The van der Waals surface area contributed by atoms with E-state index in [0.29, 0.717) is 31.7 Å². The molecule has 6 heteroatoms. The normalized spacial score (nSPS) is 27.4. The van der Waals surface area contributed by atoms with Gasteiger partial charge in [0.05, 0.1) is 5.92 Å². The predicted octanol–water partition coefficient (Wildman–Crippen LogP) is 2.27. The Morgan fingerprint density at radius 2 is 1.61 bits per heavy atom. The van der Waals surface area contributed by atoms with E-state index in [1.54, 1.807) is 4.90 Å². The van der Waals surface area contributed by atoms with Crippen molar-refractivity contribution in [2.24, 2.45) is 17.8 Å². The van der Waals surface area contributed by atoms with E-state index in [9.17, 15) is 14.4 Å². The van der Waals surface area contributed by atoms with Gasteiger partial charge in [-0.1, -0.05) is 24.6 Å². The number of benzene rings is 1. The molecule has 150 valence electrons. The van der Waals surface area contributed by atoms with E-state index in [1.807, 2.05) is 18.2 Å². The minimum Gasteiger partial charge on any atom is -0.455 e. The number of ether oxygens (including phenoxy) is 1. The van der Waals surface area contributed by atoms with Gasteiger partial charge in [-0.2, -0.15) is 0 Å². The number of Topliss-reactive ketones (excluding diaryl/α,β-unsaturated/α-hetero) is 1. The third-order valence-electron chi connectivity index (χ3n) is 6.47. The zero-order chi connectivity index (χ0) is 19.5. The molecule has 2 bridgehead atoms. The van der Waals surface area contributed by atoms with Crippen molar-refractivity contribution in [1.82, 2.24) is 4.90 Å². The Labute approximate surface area is 165 Å². The first-order valence-electron chi connectivity index (χ1n) is 10.4. The van der Waals surface area contributed by atoms with Crippen LogP contribution in [0.25, 0.3) is 0 Å². The fourth-order valence-electron chi connectivity index (χ4n) is 4.87. The summed E-state index contributed by atoms with van der Waals surface area (Å²) in [5, 5.41) is 0. The molecule has 0 radical (unpaired) electrons. The van der Waals surface area contributed by atoms with Crippen molar-refractivity contribution in [3.63, 3.8) is 0 Å². The van der Waals surface area contributed by atoms with Crippen LogP contribution in [0.3, 0.4) is 0 Å². The monoisotopic (exact) mass is 384 g/mol. The first-order chi connectivity index (χ1) is 13.6. The van der Waals surface area contributed by atoms with Crippen LogP contribution in [0.2, 0.25) is 0 Å². The van der Waals surface area contributed by atoms with Crippen LogP contribution in [0.1, 0.15) is 32.1 Å². The number of para-hydroxylation sites is 1. The fraction of sp³-hybridized carbons (Fsp3) is 0.591. The molecular weight excluding hydrogens is 356 g/mol. The van der Waals surface area contributed by atoms with Crippen molar-refractivity contribution in [2.45, 2.75) is 32.1 Å². The first kappa shape index (κ1) is 19.0. The largest absolute Gasteiger partial charge is 0.455 e. The topological polar surface area (TPSA) is 66.9 Å². The number of amides is 1. The van der Waals surface area contributed by atoms with Gasteiger partial charge in [-0.05, 0) is 37.8 Å². The number of carbonyl (C=O) groups is 3. The Morgan fingerprint density at radius 3 is 2.25 bits per heavy atom. The minimum absolute atomic E-state index is 0.0202. The summed E-state index contributed by atoms with van der Waals surface area (Å²) in [5.41, 5.74) is 1.17. The van der Waals surface area contributed by atoms with Crippen molar-refractivity contribution in [2.75, 3.05) is 37.7 Å². The summed E-state index contributed by atoms with van der Waals surface area (Å²) < 4.78 is 5.35. The number of hydrogen-bond acceptors (Lipinski definition) is 5. The second-order valence-corrected chi connectivity index (χ2v) is 8.21. The van der Waals surface area contributed by atoms with Gasteiger partial charge in [-0.3, -0.25) is 14.4 Å². The van der Waals surface area contributed by atoms with Crippen LogP contribution in [0.5, 0.6) is 0 Å². The van der Waals surface area contributed by atoms with Crippen LogP contribution >= 0.6 is 0 Å². The molecule has 0 spiro atoms. The lowest BCUT2D eigenvalue weighted by Gasteiger charge is -2.37. The van der Waals surface area contributed by atoms with E-state index in [0.717, 1.165) is 32.4 Å². The Hall–Kier alpha value is -2.37. The van der Waals surface area contributed by atoms with Gasteiger partial charge in [0.2, 0.25) is 0 Å². The molecule has 1 heterocycles. The second-order valence-electron chi connectivity index (χ2n) is 8.21. The Kier molecular flexibility index (Phi) is 5.64. The summed E-state index contributed by atoms with van der Waals surface area (Å²) in [5.74, 6) is -0.286. The third-order valence-corrected chi connectivity index (χ3v) is 6.47. The molecule has 3 atom stereocenters. The molecule has 1 aliphatic heterocycles. The number of ketones is 1. The highest BCUT2D eigenvalue weighted by atomic mass is 16.5. The van der Waals surface area contributed by atoms with E-state index in [1.165, 1.54) is 5.69 Å². The van der Waals surface area contributed by atoms with Crippen LogP contribution in [-0.4, -0.2) is 55.3 Å². The zero-order valence-electron chi connectivity index (χ0n) is 16.2. The average molecular weight is 384 g/mol. The molecule has 6 nitrogen and oxygen atoms in total. The van der Waals surface area contributed by atoms with Crippen molar-refractivity contribution < 1.29 is 19.1 Å². The van der Waals surface area contributed by atoms with Crippen molar-refractivity contribution in [3.05, 3.63) is 30.3 Å². The number of fused-ring (bicyclic) bond motifs is 2. The number of piperazine rings is 1. The van der Waals surface area contributed by atoms with E-state index in [2.05, 4.69) is 17.0 Å². The molecule has 1 saturated heterocycles. The van der Waals surface area contributed by atoms with Gasteiger partial charge < -0.3 is 14.5 Å². The molecule has 2 aliphatic carbocycles. The highest BCUT2D eigenvalue weighted by Crippen LogP contribution is 2.40. The molecule has 1 aromatic carbocycles. The number of nitrogens with zero attached hydrogens (tertiary/aromatic N) is 2. The lowest BCUT2D eigenvalue weighted by atomic mass is 9.67. The highest BCUT2D eigenvalue weighted by Gasteiger charge is 2.42. The Morgan fingerprint density at radius 1 is 0.964 bits per heavy atom.